The first-order valence-corrected chi connectivity index (χ1v) is 10.2. The molecule has 9 nitrogen and oxygen atoms in total. The molecule has 0 bridgehead atoms. The minimum absolute atomic E-state index is 0.0778. The summed E-state index contributed by atoms with van der Waals surface area (Å²) in [6, 6.07) is 1.90. The molecule has 0 atom stereocenters. The average Bonchev–Trinajstić information content (AvgIpc) is 3.33. The van der Waals surface area contributed by atoms with E-state index in [1.165, 1.54) is 15.9 Å². The van der Waals surface area contributed by atoms with E-state index in [1.807, 2.05) is 20.7 Å². The summed E-state index contributed by atoms with van der Waals surface area (Å²) in [5, 5.41) is 10.3. The molecule has 0 radical (unpaired) electrons. The summed E-state index contributed by atoms with van der Waals surface area (Å²) in [4.78, 5) is 37.9. The number of thiophene rings is 1. The molecule has 0 aliphatic carbocycles. The van der Waals surface area contributed by atoms with E-state index >= 15 is 0 Å². The molecule has 2 amide bonds. The lowest BCUT2D eigenvalue weighted by atomic mass is 9.96. The number of hydrogen-bond donors (Lipinski definition) is 1. The van der Waals surface area contributed by atoms with Gasteiger partial charge < -0.3 is 10.6 Å². The molecule has 0 aromatic carbocycles. The number of primary amides is 1. The van der Waals surface area contributed by atoms with Crippen LogP contribution in [0.1, 0.15) is 31.5 Å². The number of aromatic nitrogens is 4. The maximum Gasteiger partial charge on any atom is 0.272 e. The van der Waals surface area contributed by atoms with Crippen LogP contribution in [0.3, 0.4) is 0 Å². The first kappa shape index (κ1) is 18.6. The van der Waals surface area contributed by atoms with E-state index in [9.17, 15) is 14.4 Å². The fourth-order valence-corrected chi connectivity index (χ4v) is 4.63. The summed E-state index contributed by atoms with van der Waals surface area (Å²) in [5.74, 6) is 0.941. The molecule has 3 aromatic heterocycles. The Kier molecular flexibility index (Phi) is 4.88. The molecule has 1 saturated heterocycles. The van der Waals surface area contributed by atoms with Crippen molar-refractivity contribution in [2.24, 2.45) is 18.7 Å². The van der Waals surface area contributed by atoms with Crippen LogP contribution in [0.15, 0.2) is 16.2 Å². The molecule has 1 aliphatic rings. The summed E-state index contributed by atoms with van der Waals surface area (Å²) < 4.78 is 4.07. The zero-order valence-electron chi connectivity index (χ0n) is 15.6. The average molecular weight is 402 g/mol. The van der Waals surface area contributed by atoms with Crippen LogP contribution in [0.4, 0.5) is 0 Å². The standard InChI is InChI=1S/C18H22N6O3S/c1-22-17(27)15-12(7-10-28-15)24-13(20-21-18(22)24)3-2-4-14(25)23-8-5-11(6-9-23)16(19)26/h7,10-11H,2-6,8-9H2,1H3,(H2,19,26). The van der Waals surface area contributed by atoms with Crippen molar-refractivity contribution < 1.29 is 9.59 Å². The number of likely N-dealkylation sites (tertiary alicyclic amines) is 1. The van der Waals surface area contributed by atoms with Gasteiger partial charge in [0.05, 0.1) is 5.52 Å². The molecule has 1 aliphatic heterocycles. The van der Waals surface area contributed by atoms with Crippen molar-refractivity contribution in [3.63, 3.8) is 0 Å². The Labute approximate surface area is 164 Å². The number of carbonyl (C=O) groups is 2. The van der Waals surface area contributed by atoms with Crippen molar-refractivity contribution in [2.45, 2.75) is 32.1 Å². The third kappa shape index (κ3) is 3.17. The smallest absolute Gasteiger partial charge is 0.272 e. The quantitative estimate of drug-likeness (QED) is 0.674. The third-order valence-electron chi connectivity index (χ3n) is 5.44. The van der Waals surface area contributed by atoms with Gasteiger partial charge in [-0.05, 0) is 30.7 Å². The highest BCUT2D eigenvalue weighted by molar-refractivity contribution is 7.17. The molecule has 4 rings (SSSR count). The second-order valence-corrected chi connectivity index (χ2v) is 8.08. The monoisotopic (exact) mass is 402 g/mol. The van der Waals surface area contributed by atoms with E-state index in [0.29, 0.717) is 55.7 Å². The van der Waals surface area contributed by atoms with E-state index in [-0.39, 0.29) is 23.3 Å². The maximum absolute atomic E-state index is 12.5. The van der Waals surface area contributed by atoms with Crippen LogP contribution in [0.25, 0.3) is 16.0 Å². The van der Waals surface area contributed by atoms with Gasteiger partial charge in [-0.15, -0.1) is 21.5 Å². The number of carbonyl (C=O) groups excluding carboxylic acids is 2. The SMILES string of the molecule is Cn1c(=O)c2sccc2n2c(CCCC(=O)N3CCC(C(N)=O)CC3)nnc12. The minimum Gasteiger partial charge on any atom is -0.369 e. The van der Waals surface area contributed by atoms with Gasteiger partial charge in [0.15, 0.2) is 0 Å². The van der Waals surface area contributed by atoms with Gasteiger partial charge in [0.1, 0.15) is 10.5 Å². The van der Waals surface area contributed by atoms with E-state index in [2.05, 4.69) is 10.2 Å². The van der Waals surface area contributed by atoms with Crippen molar-refractivity contribution in [1.29, 1.82) is 0 Å². The summed E-state index contributed by atoms with van der Waals surface area (Å²) in [5.41, 5.74) is 6.07. The molecule has 10 heteroatoms. The lowest BCUT2D eigenvalue weighted by Crippen LogP contribution is -2.41. The van der Waals surface area contributed by atoms with Gasteiger partial charge >= 0.3 is 0 Å². The van der Waals surface area contributed by atoms with E-state index in [1.54, 1.807) is 7.05 Å². The predicted molar refractivity (Wildman–Crippen MR) is 105 cm³/mol. The van der Waals surface area contributed by atoms with E-state index < -0.39 is 0 Å². The van der Waals surface area contributed by atoms with Gasteiger partial charge in [-0.3, -0.25) is 23.4 Å². The van der Waals surface area contributed by atoms with Crippen LogP contribution in [0.2, 0.25) is 0 Å². The number of aryl methyl sites for hydroxylation is 2. The molecule has 3 aromatic rings. The Hall–Kier alpha value is -2.75. The number of amides is 2. The molecule has 1 fully saturated rings. The lowest BCUT2D eigenvalue weighted by Gasteiger charge is -2.30. The van der Waals surface area contributed by atoms with E-state index in [0.717, 1.165) is 11.3 Å². The lowest BCUT2D eigenvalue weighted by molar-refractivity contribution is -0.134. The molecule has 0 unspecified atom stereocenters. The Bertz CT molecular complexity index is 1110. The highest BCUT2D eigenvalue weighted by Crippen LogP contribution is 2.21. The molecule has 4 heterocycles. The van der Waals surface area contributed by atoms with Gasteiger partial charge in [-0.2, -0.15) is 0 Å². The second kappa shape index (κ2) is 7.34. The first-order chi connectivity index (χ1) is 13.5. The van der Waals surface area contributed by atoms with Gasteiger partial charge in [-0.1, -0.05) is 0 Å². The molecule has 0 saturated carbocycles. The maximum atomic E-state index is 12.5. The largest absolute Gasteiger partial charge is 0.369 e. The van der Waals surface area contributed by atoms with Crippen LogP contribution in [0.5, 0.6) is 0 Å². The number of nitrogens with zero attached hydrogens (tertiary/aromatic N) is 5. The highest BCUT2D eigenvalue weighted by atomic mass is 32.1. The number of fused-ring (bicyclic) bond motifs is 3. The number of piperidine rings is 1. The molecule has 2 N–H and O–H groups in total. The molecule has 28 heavy (non-hydrogen) atoms. The minimum atomic E-state index is -0.278. The van der Waals surface area contributed by atoms with E-state index in [4.69, 9.17) is 5.73 Å². The Morgan fingerprint density at radius 2 is 2.04 bits per heavy atom. The Morgan fingerprint density at radius 3 is 2.75 bits per heavy atom. The van der Waals surface area contributed by atoms with Crippen LogP contribution < -0.4 is 11.3 Å². The zero-order chi connectivity index (χ0) is 19.8. The summed E-state index contributed by atoms with van der Waals surface area (Å²) in [6.07, 6.45) is 2.92. The van der Waals surface area contributed by atoms with Crippen molar-refractivity contribution in [3.8, 4) is 0 Å². The van der Waals surface area contributed by atoms with Crippen molar-refractivity contribution in [2.75, 3.05) is 13.1 Å². The van der Waals surface area contributed by atoms with Crippen LogP contribution in [-0.4, -0.2) is 49.0 Å². The van der Waals surface area contributed by atoms with Gasteiger partial charge in [0, 0.05) is 38.9 Å². The first-order valence-electron chi connectivity index (χ1n) is 9.34. The predicted octanol–water partition coefficient (Wildman–Crippen LogP) is 0.689. The number of rotatable bonds is 5. The fraction of sp³-hybridized carbons (Fsp3) is 0.500. The highest BCUT2D eigenvalue weighted by Gasteiger charge is 2.25. The topological polar surface area (TPSA) is 116 Å². The molecular weight excluding hydrogens is 380 g/mol. The summed E-state index contributed by atoms with van der Waals surface area (Å²) in [7, 11) is 1.69. The summed E-state index contributed by atoms with van der Waals surface area (Å²) >= 11 is 1.40. The third-order valence-corrected chi connectivity index (χ3v) is 6.33. The van der Waals surface area contributed by atoms with Crippen molar-refractivity contribution in [3.05, 3.63) is 27.6 Å². The molecular formula is C18H22N6O3S. The van der Waals surface area contributed by atoms with Crippen molar-refractivity contribution in [1.82, 2.24) is 24.1 Å². The fourth-order valence-electron chi connectivity index (χ4n) is 3.78. The number of nitrogens with two attached hydrogens (primary N) is 1. The Balaban J connectivity index is 1.43. The van der Waals surface area contributed by atoms with Crippen LogP contribution in [-0.2, 0) is 23.1 Å². The Morgan fingerprint density at radius 1 is 1.29 bits per heavy atom. The molecule has 148 valence electrons. The van der Waals surface area contributed by atoms with Crippen molar-refractivity contribution >= 4 is 39.1 Å². The second-order valence-electron chi connectivity index (χ2n) is 7.16. The normalized spacial score (nSPS) is 15.5. The zero-order valence-corrected chi connectivity index (χ0v) is 16.4. The van der Waals surface area contributed by atoms with Gasteiger partial charge in [-0.25, -0.2) is 0 Å². The van der Waals surface area contributed by atoms with Crippen LogP contribution >= 0.6 is 11.3 Å². The number of hydrogen-bond acceptors (Lipinski definition) is 6. The van der Waals surface area contributed by atoms with Gasteiger partial charge in [0.2, 0.25) is 17.6 Å². The van der Waals surface area contributed by atoms with Crippen LogP contribution in [0, 0.1) is 5.92 Å². The summed E-state index contributed by atoms with van der Waals surface area (Å²) in [6.45, 7) is 1.16. The van der Waals surface area contributed by atoms with Gasteiger partial charge in [0.25, 0.3) is 5.56 Å². The molecule has 0 spiro atoms.